The van der Waals surface area contributed by atoms with Crippen molar-refractivity contribution < 1.29 is 9.59 Å². The van der Waals surface area contributed by atoms with Gasteiger partial charge in [-0.05, 0) is 17.7 Å². The summed E-state index contributed by atoms with van der Waals surface area (Å²) in [4.78, 5) is 22.2. The van der Waals surface area contributed by atoms with Gasteiger partial charge >= 0.3 is 0 Å². The quantitative estimate of drug-likeness (QED) is 0.807. The summed E-state index contributed by atoms with van der Waals surface area (Å²) in [5, 5.41) is 0. The van der Waals surface area contributed by atoms with Gasteiger partial charge in [0.1, 0.15) is 0 Å². The van der Waals surface area contributed by atoms with Gasteiger partial charge in [-0.3, -0.25) is 9.59 Å². The minimum atomic E-state index is 0.501. The Kier molecular flexibility index (Phi) is 3.49. The Balaban J connectivity index is 2.78. The molecule has 0 aliphatic heterocycles. The van der Waals surface area contributed by atoms with Crippen LogP contribution >= 0.6 is 15.9 Å². The Morgan fingerprint density at radius 2 is 1.59 bits per heavy atom. The normalized spacial score (nSPS) is 9.94. The first-order valence-electron chi connectivity index (χ1n) is 5.06. The first-order valence-corrected chi connectivity index (χ1v) is 5.85. The van der Waals surface area contributed by atoms with Crippen molar-refractivity contribution in [1.82, 2.24) is 0 Å². The molecule has 0 aliphatic carbocycles. The fourth-order valence-corrected chi connectivity index (χ4v) is 2.18. The molecule has 3 heteroatoms. The predicted molar refractivity (Wildman–Crippen MR) is 70.4 cm³/mol. The molecule has 0 radical (unpaired) electrons. The van der Waals surface area contributed by atoms with E-state index in [1.54, 1.807) is 12.1 Å². The minimum absolute atomic E-state index is 0.501. The highest BCUT2D eigenvalue weighted by Gasteiger charge is 2.12. The average molecular weight is 289 g/mol. The van der Waals surface area contributed by atoms with Crippen LogP contribution in [0, 0.1) is 0 Å². The van der Waals surface area contributed by atoms with E-state index in [1.165, 1.54) is 0 Å². The molecule has 0 amide bonds. The van der Waals surface area contributed by atoms with Crippen molar-refractivity contribution in [3.05, 3.63) is 58.1 Å². The highest BCUT2D eigenvalue weighted by atomic mass is 79.9. The zero-order valence-corrected chi connectivity index (χ0v) is 10.5. The maximum Gasteiger partial charge on any atom is 0.151 e. The standard InChI is InChI=1S/C14H9BrO2/c15-13-7-6-11(8-16)14(12(13)9-17)10-4-2-1-3-5-10/h1-9H. The molecule has 2 aromatic carbocycles. The Bertz CT molecular complexity index is 562. The second-order valence-electron chi connectivity index (χ2n) is 3.53. The average Bonchev–Trinajstić information content (AvgIpc) is 2.39. The third-order valence-electron chi connectivity index (χ3n) is 2.53. The van der Waals surface area contributed by atoms with Crippen LogP contribution in [-0.2, 0) is 0 Å². The van der Waals surface area contributed by atoms with Crippen LogP contribution in [0.3, 0.4) is 0 Å². The first-order chi connectivity index (χ1) is 8.27. The first kappa shape index (κ1) is 11.7. The van der Waals surface area contributed by atoms with Gasteiger partial charge in [-0.15, -0.1) is 0 Å². The van der Waals surface area contributed by atoms with Crippen LogP contribution in [-0.4, -0.2) is 12.6 Å². The van der Waals surface area contributed by atoms with E-state index in [4.69, 9.17) is 0 Å². The molecule has 0 N–H and O–H groups in total. The largest absolute Gasteiger partial charge is 0.298 e. The van der Waals surface area contributed by atoms with Crippen LogP contribution in [0.1, 0.15) is 20.7 Å². The van der Waals surface area contributed by atoms with Gasteiger partial charge in [-0.25, -0.2) is 0 Å². The van der Waals surface area contributed by atoms with Gasteiger partial charge in [0.25, 0.3) is 0 Å². The molecule has 0 heterocycles. The predicted octanol–water partition coefficient (Wildman–Crippen LogP) is 3.74. The second-order valence-corrected chi connectivity index (χ2v) is 4.38. The summed E-state index contributed by atoms with van der Waals surface area (Å²) in [5.74, 6) is 0. The van der Waals surface area contributed by atoms with Crippen molar-refractivity contribution in [2.24, 2.45) is 0 Å². The van der Waals surface area contributed by atoms with Crippen LogP contribution in [0.4, 0.5) is 0 Å². The number of rotatable bonds is 3. The van der Waals surface area contributed by atoms with Crippen molar-refractivity contribution in [2.75, 3.05) is 0 Å². The van der Waals surface area contributed by atoms with E-state index < -0.39 is 0 Å². The number of carbonyl (C=O) groups is 2. The smallest absolute Gasteiger partial charge is 0.151 e. The van der Waals surface area contributed by atoms with Crippen molar-refractivity contribution in [2.45, 2.75) is 0 Å². The Morgan fingerprint density at radius 3 is 2.18 bits per heavy atom. The third-order valence-corrected chi connectivity index (χ3v) is 3.22. The highest BCUT2D eigenvalue weighted by Crippen LogP contribution is 2.30. The number of halogens is 1. The molecule has 0 spiro atoms. The fourth-order valence-electron chi connectivity index (χ4n) is 1.75. The van der Waals surface area contributed by atoms with E-state index in [9.17, 15) is 9.59 Å². The van der Waals surface area contributed by atoms with Crippen LogP contribution < -0.4 is 0 Å². The molecule has 0 bridgehead atoms. The molecule has 0 atom stereocenters. The summed E-state index contributed by atoms with van der Waals surface area (Å²) < 4.78 is 0.692. The lowest BCUT2D eigenvalue weighted by Gasteiger charge is -2.09. The minimum Gasteiger partial charge on any atom is -0.298 e. The molecule has 0 unspecified atom stereocenters. The van der Waals surface area contributed by atoms with Gasteiger partial charge < -0.3 is 0 Å². The van der Waals surface area contributed by atoms with Gasteiger partial charge in [0.15, 0.2) is 12.6 Å². The molecule has 2 rings (SSSR count). The lowest BCUT2D eigenvalue weighted by atomic mass is 9.95. The summed E-state index contributed by atoms with van der Waals surface area (Å²) >= 11 is 3.32. The molecular weight excluding hydrogens is 280 g/mol. The maximum absolute atomic E-state index is 11.1. The van der Waals surface area contributed by atoms with Crippen LogP contribution in [0.25, 0.3) is 11.1 Å². The van der Waals surface area contributed by atoms with E-state index in [2.05, 4.69) is 15.9 Å². The molecule has 0 saturated heterocycles. The van der Waals surface area contributed by atoms with E-state index in [0.717, 1.165) is 18.1 Å². The van der Waals surface area contributed by atoms with E-state index in [1.807, 2.05) is 30.3 Å². The van der Waals surface area contributed by atoms with Crippen molar-refractivity contribution in [3.8, 4) is 11.1 Å². The molecule has 2 nitrogen and oxygen atoms in total. The van der Waals surface area contributed by atoms with Crippen LogP contribution in [0.5, 0.6) is 0 Å². The van der Waals surface area contributed by atoms with Gasteiger partial charge in [0.2, 0.25) is 0 Å². The Hall–Kier alpha value is -1.74. The van der Waals surface area contributed by atoms with Crippen molar-refractivity contribution in [3.63, 3.8) is 0 Å². The van der Waals surface area contributed by atoms with Gasteiger partial charge in [-0.2, -0.15) is 0 Å². The van der Waals surface area contributed by atoms with Crippen molar-refractivity contribution in [1.29, 1.82) is 0 Å². The third kappa shape index (κ3) is 2.19. The van der Waals surface area contributed by atoms with E-state index >= 15 is 0 Å². The lowest BCUT2D eigenvalue weighted by Crippen LogP contribution is -1.95. The molecule has 0 fully saturated rings. The van der Waals surface area contributed by atoms with Crippen LogP contribution in [0.2, 0.25) is 0 Å². The molecular formula is C14H9BrO2. The number of hydrogen-bond acceptors (Lipinski definition) is 2. The van der Waals surface area contributed by atoms with Gasteiger partial charge in [0.05, 0.1) is 0 Å². The van der Waals surface area contributed by atoms with E-state index in [0.29, 0.717) is 21.2 Å². The number of aldehydes is 2. The zero-order valence-electron chi connectivity index (χ0n) is 8.89. The Labute approximate surface area is 107 Å². The fraction of sp³-hybridized carbons (Fsp3) is 0. The molecule has 0 aliphatic rings. The van der Waals surface area contributed by atoms with Crippen molar-refractivity contribution >= 4 is 28.5 Å². The molecule has 0 saturated carbocycles. The summed E-state index contributed by atoms with van der Waals surface area (Å²) in [5.41, 5.74) is 2.55. The Morgan fingerprint density at radius 1 is 0.882 bits per heavy atom. The summed E-state index contributed by atoms with van der Waals surface area (Å²) in [6.45, 7) is 0. The maximum atomic E-state index is 11.1. The lowest BCUT2D eigenvalue weighted by molar-refractivity contribution is 0.112. The number of hydrogen-bond donors (Lipinski definition) is 0. The number of carbonyl (C=O) groups excluding carboxylic acids is 2. The van der Waals surface area contributed by atoms with Gasteiger partial charge in [-0.1, -0.05) is 46.3 Å². The summed E-state index contributed by atoms with van der Waals surface area (Å²) in [6, 6.07) is 12.8. The monoisotopic (exact) mass is 288 g/mol. The second kappa shape index (κ2) is 5.06. The molecule has 17 heavy (non-hydrogen) atoms. The van der Waals surface area contributed by atoms with Gasteiger partial charge in [0, 0.05) is 21.2 Å². The summed E-state index contributed by atoms with van der Waals surface area (Å²) in [7, 11) is 0. The topological polar surface area (TPSA) is 34.1 Å². The van der Waals surface area contributed by atoms with Crippen LogP contribution in [0.15, 0.2) is 46.9 Å². The summed E-state index contributed by atoms with van der Waals surface area (Å²) in [6.07, 6.45) is 1.53. The zero-order chi connectivity index (χ0) is 12.3. The SMILES string of the molecule is O=Cc1ccc(Br)c(C=O)c1-c1ccccc1. The number of benzene rings is 2. The van der Waals surface area contributed by atoms with E-state index in [-0.39, 0.29) is 0 Å². The highest BCUT2D eigenvalue weighted by molar-refractivity contribution is 9.10. The molecule has 84 valence electrons. The molecule has 0 aromatic heterocycles. The molecule has 2 aromatic rings.